The summed E-state index contributed by atoms with van der Waals surface area (Å²) in [6.45, 7) is 12.2. The predicted molar refractivity (Wildman–Crippen MR) is 84.4 cm³/mol. The average molecular weight is 283 g/mol. The zero-order valence-electron chi connectivity index (χ0n) is 12.9. The normalized spacial score (nSPS) is 12.5. The molecule has 1 nitrogen and oxygen atoms in total. The van der Waals surface area contributed by atoms with Gasteiger partial charge in [-0.15, -0.1) is 11.6 Å². The van der Waals surface area contributed by atoms with Gasteiger partial charge in [0, 0.05) is 5.88 Å². The molecule has 19 heavy (non-hydrogen) atoms. The van der Waals surface area contributed by atoms with E-state index in [9.17, 15) is 0 Å². The fourth-order valence-electron chi connectivity index (χ4n) is 2.67. The monoisotopic (exact) mass is 282 g/mol. The molecule has 0 unspecified atom stereocenters. The summed E-state index contributed by atoms with van der Waals surface area (Å²) in [6.07, 6.45) is 2.05. The lowest BCUT2D eigenvalue weighted by atomic mass is 9.72. The van der Waals surface area contributed by atoms with Crippen LogP contribution >= 0.6 is 11.6 Å². The molecule has 0 saturated carbocycles. The van der Waals surface area contributed by atoms with Gasteiger partial charge in [0.05, 0.1) is 6.61 Å². The topological polar surface area (TPSA) is 9.23 Å². The highest BCUT2D eigenvalue weighted by Crippen LogP contribution is 2.36. The van der Waals surface area contributed by atoms with Gasteiger partial charge in [0.1, 0.15) is 5.75 Å². The van der Waals surface area contributed by atoms with Gasteiger partial charge in [-0.1, -0.05) is 46.8 Å². The summed E-state index contributed by atoms with van der Waals surface area (Å²) in [5, 5.41) is 0. The molecule has 0 bridgehead atoms. The second-order valence-electron chi connectivity index (χ2n) is 7.04. The third-order valence-electron chi connectivity index (χ3n) is 3.15. The van der Waals surface area contributed by atoms with E-state index in [2.05, 4.69) is 58.9 Å². The molecular weight excluding hydrogens is 256 g/mol. The van der Waals surface area contributed by atoms with E-state index >= 15 is 0 Å². The lowest BCUT2D eigenvalue weighted by molar-refractivity contribution is 0.283. The third-order valence-corrected chi connectivity index (χ3v) is 3.42. The van der Waals surface area contributed by atoms with Crippen LogP contribution in [0.15, 0.2) is 24.3 Å². The van der Waals surface area contributed by atoms with Gasteiger partial charge in [0.15, 0.2) is 0 Å². The number of ether oxygens (including phenoxy) is 1. The zero-order valence-corrected chi connectivity index (χ0v) is 13.7. The molecule has 0 amide bonds. The van der Waals surface area contributed by atoms with Crippen LogP contribution in [0.2, 0.25) is 0 Å². The molecule has 0 fully saturated rings. The molecule has 0 heterocycles. The molecule has 0 saturated heterocycles. The Morgan fingerprint density at radius 3 is 2.05 bits per heavy atom. The summed E-state index contributed by atoms with van der Waals surface area (Å²) in [4.78, 5) is 0. The van der Waals surface area contributed by atoms with E-state index in [0.29, 0.717) is 17.9 Å². The summed E-state index contributed by atoms with van der Waals surface area (Å²) in [6, 6.07) is 8.49. The van der Waals surface area contributed by atoms with E-state index in [0.717, 1.165) is 18.6 Å². The Kier molecular flexibility index (Phi) is 5.73. The van der Waals surface area contributed by atoms with Crippen LogP contribution < -0.4 is 4.74 Å². The summed E-state index contributed by atoms with van der Waals surface area (Å²) in [5.41, 5.74) is 1.89. The molecular formula is C17H27ClO. The van der Waals surface area contributed by atoms with Gasteiger partial charge >= 0.3 is 0 Å². The van der Waals surface area contributed by atoms with Crippen LogP contribution in [0.5, 0.6) is 5.75 Å². The first-order valence-electron chi connectivity index (χ1n) is 7.04. The molecule has 0 N–H and O–H groups in total. The Labute approximate surface area is 123 Å². The Balaban J connectivity index is 2.69. The molecule has 0 spiro atoms. The maximum atomic E-state index is 5.63. The Bertz CT molecular complexity index is 373. The molecule has 0 aromatic heterocycles. The lowest BCUT2D eigenvalue weighted by Crippen LogP contribution is -2.24. The van der Waals surface area contributed by atoms with E-state index < -0.39 is 0 Å². The van der Waals surface area contributed by atoms with Gasteiger partial charge in [-0.25, -0.2) is 0 Å². The second-order valence-corrected chi connectivity index (χ2v) is 7.41. The first-order chi connectivity index (χ1) is 8.74. The minimum absolute atomic E-state index is 0.187. The fraction of sp³-hybridized carbons (Fsp3) is 0.647. The smallest absolute Gasteiger partial charge is 0.119 e. The quantitative estimate of drug-likeness (QED) is 0.501. The number of benzene rings is 1. The molecule has 1 rings (SSSR count). The standard InChI is InChI=1S/C17H27ClO/c1-16(2,3)13-17(4,5)14-7-9-15(10-8-14)19-12-6-11-18/h7-10H,6,11-13H2,1-5H3. The molecule has 1 aromatic rings. The zero-order chi connectivity index (χ0) is 14.5. The molecule has 0 radical (unpaired) electrons. The number of hydrogen-bond acceptors (Lipinski definition) is 1. The maximum Gasteiger partial charge on any atom is 0.119 e. The molecule has 1 aromatic carbocycles. The highest BCUT2D eigenvalue weighted by atomic mass is 35.5. The Morgan fingerprint density at radius 2 is 1.58 bits per heavy atom. The van der Waals surface area contributed by atoms with Crippen LogP contribution in [0.25, 0.3) is 0 Å². The second kappa shape index (κ2) is 6.65. The molecule has 0 aliphatic heterocycles. The summed E-state index contributed by atoms with van der Waals surface area (Å²) in [7, 11) is 0. The van der Waals surface area contributed by atoms with Crippen molar-refractivity contribution in [1.29, 1.82) is 0 Å². The maximum absolute atomic E-state index is 5.63. The fourth-order valence-corrected chi connectivity index (χ4v) is 2.78. The SMILES string of the molecule is CC(C)(C)CC(C)(C)c1ccc(OCCCCl)cc1. The molecule has 0 aliphatic carbocycles. The van der Waals surface area contributed by atoms with E-state index in [1.54, 1.807) is 0 Å². The van der Waals surface area contributed by atoms with E-state index in [-0.39, 0.29) is 5.41 Å². The van der Waals surface area contributed by atoms with Crippen molar-refractivity contribution in [3.05, 3.63) is 29.8 Å². The van der Waals surface area contributed by atoms with Crippen molar-refractivity contribution in [1.82, 2.24) is 0 Å². The lowest BCUT2D eigenvalue weighted by Gasteiger charge is -2.33. The number of rotatable bonds is 6. The summed E-state index contributed by atoms with van der Waals surface area (Å²) >= 11 is 5.63. The Morgan fingerprint density at radius 1 is 1.00 bits per heavy atom. The minimum atomic E-state index is 0.187. The van der Waals surface area contributed by atoms with E-state index in [4.69, 9.17) is 16.3 Å². The minimum Gasteiger partial charge on any atom is -0.494 e. The van der Waals surface area contributed by atoms with Crippen LogP contribution in [0.1, 0.15) is 53.0 Å². The summed E-state index contributed by atoms with van der Waals surface area (Å²) < 4.78 is 5.63. The van der Waals surface area contributed by atoms with Crippen molar-refractivity contribution in [2.75, 3.05) is 12.5 Å². The van der Waals surface area contributed by atoms with Crippen molar-refractivity contribution in [3.63, 3.8) is 0 Å². The first-order valence-corrected chi connectivity index (χ1v) is 7.57. The van der Waals surface area contributed by atoms with Gasteiger partial charge in [-0.05, 0) is 41.4 Å². The number of alkyl halides is 1. The van der Waals surface area contributed by atoms with Crippen molar-refractivity contribution >= 4 is 11.6 Å². The van der Waals surface area contributed by atoms with Gasteiger partial charge in [0.2, 0.25) is 0 Å². The van der Waals surface area contributed by atoms with Gasteiger partial charge in [-0.2, -0.15) is 0 Å². The molecule has 2 heteroatoms. The van der Waals surface area contributed by atoms with Crippen molar-refractivity contribution in [2.45, 2.75) is 52.9 Å². The van der Waals surface area contributed by atoms with E-state index in [1.807, 2.05) is 0 Å². The third kappa shape index (κ3) is 5.86. The van der Waals surface area contributed by atoms with Crippen LogP contribution in [0.4, 0.5) is 0 Å². The summed E-state index contributed by atoms with van der Waals surface area (Å²) in [5.74, 6) is 1.58. The largest absolute Gasteiger partial charge is 0.494 e. The predicted octanol–water partition coefficient (Wildman–Crippen LogP) is 5.41. The van der Waals surface area contributed by atoms with E-state index in [1.165, 1.54) is 5.56 Å². The number of hydrogen-bond donors (Lipinski definition) is 0. The van der Waals surface area contributed by atoms with Crippen molar-refractivity contribution < 1.29 is 4.74 Å². The Hall–Kier alpha value is -0.690. The van der Waals surface area contributed by atoms with Crippen LogP contribution in [0.3, 0.4) is 0 Å². The van der Waals surface area contributed by atoms with Crippen molar-refractivity contribution in [3.8, 4) is 5.75 Å². The molecule has 0 atom stereocenters. The highest BCUT2D eigenvalue weighted by Gasteiger charge is 2.27. The van der Waals surface area contributed by atoms with Gasteiger partial charge in [0.25, 0.3) is 0 Å². The molecule has 108 valence electrons. The van der Waals surface area contributed by atoms with Crippen LogP contribution in [0, 0.1) is 5.41 Å². The highest BCUT2D eigenvalue weighted by molar-refractivity contribution is 6.17. The first kappa shape index (κ1) is 16.4. The van der Waals surface area contributed by atoms with Crippen molar-refractivity contribution in [2.24, 2.45) is 5.41 Å². The molecule has 0 aliphatic rings. The van der Waals surface area contributed by atoms with Crippen LogP contribution in [-0.2, 0) is 5.41 Å². The average Bonchev–Trinajstić information content (AvgIpc) is 2.27. The van der Waals surface area contributed by atoms with Crippen LogP contribution in [-0.4, -0.2) is 12.5 Å². The van der Waals surface area contributed by atoms with Gasteiger partial charge < -0.3 is 4.74 Å². The number of halogens is 1. The van der Waals surface area contributed by atoms with Gasteiger partial charge in [-0.3, -0.25) is 0 Å².